The van der Waals surface area contributed by atoms with Crippen molar-refractivity contribution in [1.29, 1.82) is 0 Å². The molecule has 6 nitrogen and oxygen atoms in total. The number of pyridine rings is 1. The van der Waals surface area contributed by atoms with Crippen LogP contribution in [0, 0.1) is 10.1 Å². The first-order valence-electron chi connectivity index (χ1n) is 7.25. The zero-order valence-electron chi connectivity index (χ0n) is 11.7. The van der Waals surface area contributed by atoms with Crippen LogP contribution in [-0.4, -0.2) is 29.0 Å². The Morgan fingerprint density at radius 2 is 2.24 bits per heavy atom. The summed E-state index contributed by atoms with van der Waals surface area (Å²) in [6.07, 6.45) is 4.84. The molecular formula is C15H18N4O2. The van der Waals surface area contributed by atoms with Gasteiger partial charge >= 0.3 is 5.69 Å². The van der Waals surface area contributed by atoms with Crippen molar-refractivity contribution in [2.45, 2.75) is 25.3 Å². The molecule has 1 saturated heterocycles. The number of hydrogen-bond donors (Lipinski definition) is 2. The van der Waals surface area contributed by atoms with Crippen LogP contribution in [0.15, 0.2) is 30.5 Å². The van der Waals surface area contributed by atoms with E-state index in [2.05, 4.69) is 15.6 Å². The lowest BCUT2D eigenvalue weighted by molar-refractivity contribution is -0.384. The van der Waals surface area contributed by atoms with Crippen molar-refractivity contribution in [3.63, 3.8) is 0 Å². The second-order valence-electron chi connectivity index (χ2n) is 5.32. The normalized spacial score (nSPS) is 18.6. The molecule has 1 unspecified atom stereocenters. The fraction of sp³-hybridized carbons (Fsp3) is 0.400. The van der Waals surface area contributed by atoms with E-state index in [4.69, 9.17) is 0 Å². The van der Waals surface area contributed by atoms with Crippen LogP contribution in [0.1, 0.15) is 19.3 Å². The minimum absolute atomic E-state index is 0.0320. The van der Waals surface area contributed by atoms with E-state index >= 15 is 0 Å². The summed E-state index contributed by atoms with van der Waals surface area (Å²) in [7, 11) is 0. The van der Waals surface area contributed by atoms with Crippen LogP contribution in [-0.2, 0) is 0 Å². The Hall–Kier alpha value is -2.21. The largest absolute Gasteiger partial charge is 0.377 e. The minimum Gasteiger partial charge on any atom is -0.377 e. The SMILES string of the molecule is O=[N+]([O-])c1cnc2ccccc2c1NCC1CCCCN1. The lowest BCUT2D eigenvalue weighted by atomic mass is 10.0. The Labute approximate surface area is 122 Å². The Bertz CT molecular complexity index is 653. The van der Waals surface area contributed by atoms with E-state index in [9.17, 15) is 10.1 Å². The summed E-state index contributed by atoms with van der Waals surface area (Å²) in [6, 6.07) is 7.85. The first kappa shape index (κ1) is 13.8. The highest BCUT2D eigenvalue weighted by molar-refractivity contribution is 5.95. The third-order valence-electron chi connectivity index (χ3n) is 3.89. The Morgan fingerprint density at radius 3 is 3.00 bits per heavy atom. The molecule has 3 rings (SSSR count). The zero-order chi connectivity index (χ0) is 14.7. The number of aromatic nitrogens is 1. The Balaban J connectivity index is 1.90. The van der Waals surface area contributed by atoms with Gasteiger partial charge < -0.3 is 10.6 Å². The van der Waals surface area contributed by atoms with Gasteiger partial charge in [0.05, 0.1) is 10.4 Å². The molecule has 1 aromatic carbocycles. The molecule has 0 amide bonds. The quantitative estimate of drug-likeness (QED) is 0.667. The van der Waals surface area contributed by atoms with Crippen LogP contribution in [0.5, 0.6) is 0 Å². The Kier molecular flexibility index (Phi) is 3.96. The Morgan fingerprint density at radius 1 is 1.38 bits per heavy atom. The average Bonchev–Trinajstić information content (AvgIpc) is 2.53. The maximum atomic E-state index is 11.2. The molecule has 2 heterocycles. The van der Waals surface area contributed by atoms with Gasteiger partial charge in [0.25, 0.3) is 0 Å². The van der Waals surface area contributed by atoms with Gasteiger partial charge in [0.2, 0.25) is 0 Å². The first-order chi connectivity index (χ1) is 10.3. The molecule has 1 atom stereocenters. The van der Waals surface area contributed by atoms with Gasteiger partial charge in [-0.25, -0.2) is 4.98 Å². The van der Waals surface area contributed by atoms with Gasteiger partial charge in [-0.3, -0.25) is 10.1 Å². The summed E-state index contributed by atoms with van der Waals surface area (Å²) < 4.78 is 0. The third kappa shape index (κ3) is 2.95. The van der Waals surface area contributed by atoms with Crippen molar-refractivity contribution in [1.82, 2.24) is 10.3 Å². The molecule has 0 spiro atoms. The van der Waals surface area contributed by atoms with E-state index in [1.165, 1.54) is 19.0 Å². The minimum atomic E-state index is -0.379. The van der Waals surface area contributed by atoms with Gasteiger partial charge in [0.1, 0.15) is 11.9 Å². The number of nitrogens with zero attached hydrogens (tertiary/aromatic N) is 2. The molecular weight excluding hydrogens is 268 g/mol. The van der Waals surface area contributed by atoms with Crippen LogP contribution in [0.4, 0.5) is 11.4 Å². The maximum absolute atomic E-state index is 11.2. The molecule has 1 aromatic heterocycles. The topological polar surface area (TPSA) is 80.1 Å². The number of anilines is 1. The summed E-state index contributed by atoms with van der Waals surface area (Å²) >= 11 is 0. The molecule has 0 radical (unpaired) electrons. The number of nitrogens with one attached hydrogen (secondary N) is 2. The van der Waals surface area contributed by atoms with Crippen molar-refractivity contribution < 1.29 is 4.92 Å². The molecule has 0 bridgehead atoms. The van der Waals surface area contributed by atoms with Crippen LogP contribution in [0.3, 0.4) is 0 Å². The van der Waals surface area contributed by atoms with E-state index in [1.54, 1.807) is 0 Å². The van der Waals surface area contributed by atoms with Gasteiger partial charge in [-0.1, -0.05) is 24.6 Å². The molecule has 2 N–H and O–H groups in total. The van der Waals surface area contributed by atoms with Gasteiger partial charge in [0, 0.05) is 18.0 Å². The van der Waals surface area contributed by atoms with Gasteiger partial charge in [0.15, 0.2) is 0 Å². The van der Waals surface area contributed by atoms with Crippen LogP contribution < -0.4 is 10.6 Å². The van der Waals surface area contributed by atoms with E-state index in [-0.39, 0.29) is 10.6 Å². The van der Waals surface area contributed by atoms with Crippen molar-refractivity contribution in [3.05, 3.63) is 40.6 Å². The van der Waals surface area contributed by atoms with Gasteiger partial charge in [-0.05, 0) is 25.5 Å². The number of nitro groups is 1. The number of piperidine rings is 1. The summed E-state index contributed by atoms with van der Waals surface area (Å²) in [5.74, 6) is 0. The number of rotatable bonds is 4. The number of benzene rings is 1. The predicted molar refractivity (Wildman–Crippen MR) is 82.5 cm³/mol. The zero-order valence-corrected chi connectivity index (χ0v) is 11.7. The highest BCUT2D eigenvalue weighted by atomic mass is 16.6. The van der Waals surface area contributed by atoms with E-state index < -0.39 is 0 Å². The molecule has 1 fully saturated rings. The standard InChI is InChI=1S/C15H18N4O2/c20-19(21)14-10-17-13-7-2-1-6-12(13)15(14)18-9-11-5-3-4-8-16-11/h1-2,6-7,10-11,16H,3-5,8-9H2,(H,17,18). The molecule has 1 aliphatic rings. The maximum Gasteiger partial charge on any atom is 0.311 e. The molecule has 2 aromatic rings. The molecule has 0 saturated carbocycles. The number of para-hydroxylation sites is 1. The monoisotopic (exact) mass is 286 g/mol. The van der Waals surface area contributed by atoms with Crippen LogP contribution >= 0.6 is 0 Å². The lowest BCUT2D eigenvalue weighted by Gasteiger charge is -2.24. The van der Waals surface area contributed by atoms with Crippen molar-refractivity contribution in [2.75, 3.05) is 18.4 Å². The molecule has 6 heteroatoms. The smallest absolute Gasteiger partial charge is 0.311 e. The summed E-state index contributed by atoms with van der Waals surface area (Å²) in [5.41, 5.74) is 1.37. The van der Waals surface area contributed by atoms with Gasteiger partial charge in [-0.15, -0.1) is 0 Å². The molecule has 0 aliphatic carbocycles. The predicted octanol–water partition coefficient (Wildman–Crippen LogP) is 2.70. The first-order valence-corrected chi connectivity index (χ1v) is 7.25. The van der Waals surface area contributed by atoms with Crippen molar-refractivity contribution in [2.24, 2.45) is 0 Å². The van der Waals surface area contributed by atoms with Crippen LogP contribution in [0.25, 0.3) is 10.9 Å². The third-order valence-corrected chi connectivity index (χ3v) is 3.89. The summed E-state index contributed by atoms with van der Waals surface area (Å²) in [5, 5.41) is 18.7. The van der Waals surface area contributed by atoms with Crippen molar-refractivity contribution >= 4 is 22.3 Å². The molecule has 21 heavy (non-hydrogen) atoms. The van der Waals surface area contributed by atoms with Crippen molar-refractivity contribution in [3.8, 4) is 0 Å². The van der Waals surface area contributed by atoms with Crippen LogP contribution in [0.2, 0.25) is 0 Å². The average molecular weight is 286 g/mol. The fourth-order valence-corrected chi connectivity index (χ4v) is 2.78. The molecule has 1 aliphatic heterocycles. The number of fused-ring (bicyclic) bond motifs is 1. The summed E-state index contributed by atoms with van der Waals surface area (Å²) in [4.78, 5) is 15.0. The van der Waals surface area contributed by atoms with E-state index in [0.29, 0.717) is 18.3 Å². The highest BCUT2D eigenvalue weighted by Crippen LogP contribution is 2.31. The second kappa shape index (κ2) is 6.05. The second-order valence-corrected chi connectivity index (χ2v) is 5.32. The van der Waals surface area contributed by atoms with E-state index in [0.717, 1.165) is 23.9 Å². The molecule has 110 valence electrons. The summed E-state index contributed by atoms with van der Waals surface area (Å²) in [6.45, 7) is 1.71. The lowest BCUT2D eigenvalue weighted by Crippen LogP contribution is -2.39. The van der Waals surface area contributed by atoms with E-state index in [1.807, 2.05) is 24.3 Å². The van der Waals surface area contributed by atoms with Gasteiger partial charge in [-0.2, -0.15) is 0 Å². The highest BCUT2D eigenvalue weighted by Gasteiger charge is 2.19. The number of hydrogen-bond acceptors (Lipinski definition) is 5. The fourth-order valence-electron chi connectivity index (χ4n) is 2.78.